The van der Waals surface area contributed by atoms with Gasteiger partial charge in [-0.1, -0.05) is 24.3 Å². The first kappa shape index (κ1) is 17.9. The summed E-state index contributed by atoms with van der Waals surface area (Å²) in [6.07, 6.45) is 1.25. The second kappa shape index (κ2) is 7.99. The number of hydrogen-bond acceptors (Lipinski definition) is 3. The van der Waals surface area contributed by atoms with Crippen molar-refractivity contribution in [1.82, 2.24) is 10.2 Å². The molecule has 0 radical (unpaired) electrons. The molecule has 5 nitrogen and oxygen atoms in total. The van der Waals surface area contributed by atoms with Crippen LogP contribution < -0.4 is 10.1 Å². The van der Waals surface area contributed by atoms with E-state index in [4.69, 9.17) is 4.74 Å². The molecule has 2 aromatic carbocycles. The largest absolute Gasteiger partial charge is 0.496 e. The summed E-state index contributed by atoms with van der Waals surface area (Å²) in [5.74, 6) is -0.486. The maximum atomic E-state index is 13.8. The topological polar surface area (TPSA) is 58.6 Å². The van der Waals surface area contributed by atoms with Crippen LogP contribution >= 0.6 is 0 Å². The Kier molecular flexibility index (Phi) is 5.51. The lowest BCUT2D eigenvalue weighted by Gasteiger charge is -2.32. The predicted octanol–water partition coefficient (Wildman–Crippen LogP) is 2.87. The lowest BCUT2D eigenvalue weighted by molar-refractivity contribution is 0.0693. The number of hydrogen-bond donors (Lipinski definition) is 1. The van der Waals surface area contributed by atoms with E-state index >= 15 is 0 Å². The van der Waals surface area contributed by atoms with Gasteiger partial charge in [-0.05, 0) is 37.1 Å². The molecule has 0 atom stereocenters. The van der Waals surface area contributed by atoms with Crippen LogP contribution in [0.25, 0.3) is 0 Å². The van der Waals surface area contributed by atoms with Crippen LogP contribution in [-0.2, 0) is 0 Å². The quantitative estimate of drug-likeness (QED) is 0.916. The van der Waals surface area contributed by atoms with E-state index in [1.807, 2.05) is 6.07 Å². The van der Waals surface area contributed by atoms with Gasteiger partial charge in [-0.3, -0.25) is 9.59 Å². The molecule has 0 unspecified atom stereocenters. The van der Waals surface area contributed by atoms with E-state index in [1.54, 1.807) is 35.2 Å². The minimum atomic E-state index is -0.510. The fourth-order valence-corrected chi connectivity index (χ4v) is 3.13. The Bertz CT molecular complexity index is 801. The number of para-hydroxylation sites is 1. The lowest BCUT2D eigenvalue weighted by Crippen LogP contribution is -2.46. The molecule has 136 valence electrons. The average molecular weight is 356 g/mol. The maximum absolute atomic E-state index is 13.8. The number of piperidine rings is 1. The smallest absolute Gasteiger partial charge is 0.256 e. The summed E-state index contributed by atoms with van der Waals surface area (Å²) in [5, 5.41) is 2.99. The zero-order valence-electron chi connectivity index (χ0n) is 14.6. The van der Waals surface area contributed by atoms with Crippen LogP contribution in [0.15, 0.2) is 48.5 Å². The Balaban J connectivity index is 1.58. The van der Waals surface area contributed by atoms with Crippen molar-refractivity contribution in [3.63, 3.8) is 0 Å². The number of nitrogens with one attached hydrogen (secondary N) is 1. The molecule has 1 saturated heterocycles. The Morgan fingerprint density at radius 1 is 1.04 bits per heavy atom. The third kappa shape index (κ3) is 3.85. The molecule has 3 rings (SSSR count). The maximum Gasteiger partial charge on any atom is 0.256 e. The average Bonchev–Trinajstić information content (AvgIpc) is 2.68. The fourth-order valence-electron chi connectivity index (χ4n) is 3.13. The van der Waals surface area contributed by atoms with Gasteiger partial charge in [0.05, 0.1) is 18.2 Å². The molecule has 2 amide bonds. The zero-order chi connectivity index (χ0) is 18.5. The number of nitrogens with zero attached hydrogens (tertiary/aromatic N) is 1. The number of likely N-dealkylation sites (tertiary alicyclic amines) is 1. The van der Waals surface area contributed by atoms with E-state index in [2.05, 4.69) is 5.32 Å². The molecular formula is C20H21FN2O3. The number of carbonyl (C=O) groups is 2. The molecule has 0 saturated carbocycles. The highest BCUT2D eigenvalue weighted by Gasteiger charge is 2.26. The summed E-state index contributed by atoms with van der Waals surface area (Å²) < 4.78 is 19.0. The second-order valence-electron chi connectivity index (χ2n) is 6.22. The van der Waals surface area contributed by atoms with E-state index < -0.39 is 5.82 Å². The van der Waals surface area contributed by atoms with Gasteiger partial charge in [0.15, 0.2) is 0 Å². The summed E-state index contributed by atoms with van der Waals surface area (Å²) >= 11 is 0. The van der Waals surface area contributed by atoms with Crippen LogP contribution in [0.1, 0.15) is 33.6 Å². The van der Waals surface area contributed by atoms with Gasteiger partial charge in [0.25, 0.3) is 11.8 Å². The van der Waals surface area contributed by atoms with E-state index in [1.165, 1.54) is 19.2 Å². The van der Waals surface area contributed by atoms with E-state index in [0.29, 0.717) is 37.2 Å². The highest BCUT2D eigenvalue weighted by molar-refractivity contribution is 5.97. The predicted molar refractivity (Wildman–Crippen MR) is 95.8 cm³/mol. The van der Waals surface area contributed by atoms with Crippen LogP contribution in [0.5, 0.6) is 5.75 Å². The molecule has 1 N–H and O–H groups in total. The van der Waals surface area contributed by atoms with E-state index in [0.717, 1.165) is 0 Å². The molecule has 26 heavy (non-hydrogen) atoms. The number of rotatable bonds is 4. The monoisotopic (exact) mass is 356 g/mol. The van der Waals surface area contributed by atoms with E-state index in [-0.39, 0.29) is 23.4 Å². The number of methoxy groups -OCH3 is 1. The van der Waals surface area contributed by atoms with Crippen LogP contribution in [0.3, 0.4) is 0 Å². The number of halogens is 1. The van der Waals surface area contributed by atoms with E-state index in [9.17, 15) is 14.0 Å². The van der Waals surface area contributed by atoms with Gasteiger partial charge in [0.1, 0.15) is 11.6 Å². The summed E-state index contributed by atoms with van der Waals surface area (Å²) in [5.41, 5.74) is 0.573. The minimum absolute atomic E-state index is 0.0305. The number of ether oxygens (including phenoxy) is 1. The molecule has 1 aliphatic rings. The normalized spacial score (nSPS) is 14.8. The SMILES string of the molecule is COc1ccccc1C(=O)NC1CCN(C(=O)c2ccccc2F)CC1. The molecule has 0 bridgehead atoms. The molecule has 1 heterocycles. The third-order valence-electron chi connectivity index (χ3n) is 4.57. The van der Waals surface area contributed by atoms with Crippen LogP contribution in [-0.4, -0.2) is 43.0 Å². The third-order valence-corrected chi connectivity index (χ3v) is 4.57. The first-order valence-corrected chi connectivity index (χ1v) is 8.58. The fraction of sp³-hybridized carbons (Fsp3) is 0.300. The molecule has 6 heteroatoms. The van der Waals surface area contributed by atoms with Crippen molar-refractivity contribution >= 4 is 11.8 Å². The number of amides is 2. The van der Waals surface area contributed by atoms with Gasteiger partial charge in [-0.2, -0.15) is 0 Å². The molecule has 0 aromatic heterocycles. The van der Waals surface area contributed by atoms with Crippen molar-refractivity contribution in [1.29, 1.82) is 0 Å². The number of benzene rings is 2. The minimum Gasteiger partial charge on any atom is -0.496 e. The molecular weight excluding hydrogens is 335 g/mol. The van der Waals surface area contributed by atoms with Crippen molar-refractivity contribution in [3.05, 3.63) is 65.5 Å². The summed E-state index contributed by atoms with van der Waals surface area (Å²) in [6, 6.07) is 13.0. The van der Waals surface area contributed by atoms with Crippen molar-refractivity contribution in [3.8, 4) is 5.75 Å². The number of carbonyl (C=O) groups excluding carboxylic acids is 2. The lowest BCUT2D eigenvalue weighted by atomic mass is 10.0. The van der Waals surface area contributed by atoms with Crippen molar-refractivity contribution < 1.29 is 18.7 Å². The highest BCUT2D eigenvalue weighted by atomic mass is 19.1. The van der Waals surface area contributed by atoms with Gasteiger partial charge in [-0.25, -0.2) is 4.39 Å². The zero-order valence-corrected chi connectivity index (χ0v) is 14.6. The summed E-state index contributed by atoms with van der Waals surface area (Å²) in [6.45, 7) is 0.952. The van der Waals surface area contributed by atoms with Crippen molar-refractivity contribution in [2.75, 3.05) is 20.2 Å². The first-order valence-electron chi connectivity index (χ1n) is 8.58. The van der Waals surface area contributed by atoms with Gasteiger partial charge < -0.3 is 15.0 Å². The Morgan fingerprint density at radius 3 is 2.31 bits per heavy atom. The molecule has 0 spiro atoms. The molecule has 0 aliphatic carbocycles. The Hall–Kier alpha value is -2.89. The highest BCUT2D eigenvalue weighted by Crippen LogP contribution is 2.19. The van der Waals surface area contributed by atoms with Gasteiger partial charge in [0, 0.05) is 19.1 Å². The van der Waals surface area contributed by atoms with Crippen molar-refractivity contribution in [2.24, 2.45) is 0 Å². The molecule has 1 aliphatic heterocycles. The van der Waals surface area contributed by atoms with Gasteiger partial charge >= 0.3 is 0 Å². The van der Waals surface area contributed by atoms with Crippen LogP contribution in [0.2, 0.25) is 0 Å². The first-order chi connectivity index (χ1) is 12.6. The Morgan fingerprint density at radius 2 is 1.65 bits per heavy atom. The molecule has 2 aromatic rings. The summed E-state index contributed by atoms with van der Waals surface area (Å²) in [4.78, 5) is 26.5. The molecule has 1 fully saturated rings. The van der Waals surface area contributed by atoms with Gasteiger partial charge in [-0.15, -0.1) is 0 Å². The van der Waals surface area contributed by atoms with Crippen molar-refractivity contribution in [2.45, 2.75) is 18.9 Å². The Labute approximate surface area is 151 Å². The standard InChI is InChI=1S/C20H21FN2O3/c1-26-18-9-5-3-7-16(18)19(24)22-14-10-12-23(13-11-14)20(25)15-6-2-4-8-17(15)21/h2-9,14H,10-13H2,1H3,(H,22,24). The van der Waals surface area contributed by atoms with Crippen LogP contribution in [0, 0.1) is 5.82 Å². The second-order valence-corrected chi connectivity index (χ2v) is 6.22. The van der Waals surface area contributed by atoms with Crippen LogP contribution in [0.4, 0.5) is 4.39 Å². The van der Waals surface area contributed by atoms with Gasteiger partial charge in [0.2, 0.25) is 0 Å². The summed E-state index contributed by atoms with van der Waals surface area (Å²) in [7, 11) is 1.53.